The van der Waals surface area contributed by atoms with E-state index >= 15 is 0 Å². The molecular weight excluding hydrogens is 310 g/mol. The van der Waals surface area contributed by atoms with Crippen molar-refractivity contribution in [1.82, 2.24) is 15.6 Å². The molecule has 1 heterocycles. The first-order valence-corrected chi connectivity index (χ1v) is 7.60. The molecule has 3 N–H and O–H groups in total. The Morgan fingerprint density at radius 1 is 1.43 bits per heavy atom. The van der Waals surface area contributed by atoms with Crippen LogP contribution in [0.15, 0.2) is 30.5 Å². The van der Waals surface area contributed by atoms with Crippen LogP contribution >= 0.6 is 22.9 Å². The van der Waals surface area contributed by atoms with Gasteiger partial charge < -0.3 is 15.7 Å². The number of nitrogens with one attached hydrogen (secondary N) is 2. The van der Waals surface area contributed by atoms with Gasteiger partial charge in [-0.15, -0.1) is 11.3 Å². The maximum atomic E-state index is 11.9. The summed E-state index contributed by atoms with van der Waals surface area (Å²) in [7, 11) is 0. The summed E-state index contributed by atoms with van der Waals surface area (Å²) in [4.78, 5) is 17.0. The van der Waals surface area contributed by atoms with Crippen molar-refractivity contribution in [1.29, 1.82) is 0 Å². The molecule has 0 bridgehead atoms. The van der Waals surface area contributed by atoms with E-state index in [9.17, 15) is 9.90 Å². The molecule has 0 fully saturated rings. The number of carbonyl (C=O) groups is 1. The topological polar surface area (TPSA) is 74.2 Å². The number of carbonyl (C=O) groups excluding carboxylic acids is 1. The Labute approximate surface area is 132 Å². The van der Waals surface area contributed by atoms with Crippen molar-refractivity contribution < 1.29 is 9.90 Å². The zero-order valence-corrected chi connectivity index (χ0v) is 13.0. The summed E-state index contributed by atoms with van der Waals surface area (Å²) in [6, 6.07) is 6.19. The average Bonchev–Trinajstić information content (AvgIpc) is 2.89. The third-order valence-electron chi connectivity index (χ3n) is 2.85. The van der Waals surface area contributed by atoms with Crippen LogP contribution in [0.1, 0.15) is 21.5 Å². The zero-order chi connectivity index (χ0) is 15.2. The van der Waals surface area contributed by atoms with Gasteiger partial charge in [0.2, 0.25) is 0 Å². The number of aliphatic hydroxyl groups excluding tert-OH is 1. The minimum Gasteiger partial charge on any atom is -0.394 e. The Morgan fingerprint density at radius 2 is 2.14 bits per heavy atom. The lowest BCUT2D eigenvalue weighted by Crippen LogP contribution is -2.38. The van der Waals surface area contributed by atoms with Crippen LogP contribution in [0.4, 0.5) is 4.79 Å². The second kappa shape index (κ2) is 7.40. The predicted molar refractivity (Wildman–Crippen MR) is 83.5 cm³/mol. The average molecular weight is 326 g/mol. The fraction of sp³-hybridized carbons (Fsp3) is 0.286. The van der Waals surface area contributed by atoms with E-state index in [-0.39, 0.29) is 12.6 Å². The normalized spacial score (nSPS) is 12.0. The van der Waals surface area contributed by atoms with Crippen LogP contribution in [0.25, 0.3) is 0 Å². The fourth-order valence-electron chi connectivity index (χ4n) is 1.79. The molecule has 2 amide bonds. The quantitative estimate of drug-likeness (QED) is 0.791. The SMILES string of the molecule is Cc1ncc(CNC(=O)NC(CO)c2ccc(Cl)cc2)s1. The summed E-state index contributed by atoms with van der Waals surface area (Å²) >= 11 is 7.35. The highest BCUT2D eigenvalue weighted by atomic mass is 35.5. The highest BCUT2D eigenvalue weighted by Crippen LogP contribution is 2.16. The minimum atomic E-state index is -0.467. The number of halogens is 1. The number of amides is 2. The number of aryl methyl sites for hydroxylation is 1. The Balaban J connectivity index is 1.89. The number of hydrogen-bond donors (Lipinski definition) is 3. The van der Waals surface area contributed by atoms with Gasteiger partial charge in [-0.05, 0) is 24.6 Å². The smallest absolute Gasteiger partial charge is 0.315 e. The zero-order valence-electron chi connectivity index (χ0n) is 11.5. The number of nitrogens with zero attached hydrogens (tertiary/aromatic N) is 1. The highest BCUT2D eigenvalue weighted by Gasteiger charge is 2.13. The summed E-state index contributed by atoms with van der Waals surface area (Å²) in [5.74, 6) is 0. The van der Waals surface area contributed by atoms with Crippen LogP contribution in [0.2, 0.25) is 5.02 Å². The van der Waals surface area contributed by atoms with Gasteiger partial charge in [0, 0.05) is 16.1 Å². The van der Waals surface area contributed by atoms with Crippen LogP contribution in [0.3, 0.4) is 0 Å². The van der Waals surface area contributed by atoms with Crippen molar-refractivity contribution in [3.05, 3.63) is 50.9 Å². The van der Waals surface area contributed by atoms with Gasteiger partial charge >= 0.3 is 6.03 Å². The molecule has 0 aliphatic carbocycles. The highest BCUT2D eigenvalue weighted by molar-refractivity contribution is 7.11. The second-order valence-electron chi connectivity index (χ2n) is 4.46. The van der Waals surface area contributed by atoms with Gasteiger partial charge in [0.25, 0.3) is 0 Å². The van der Waals surface area contributed by atoms with E-state index in [1.165, 1.54) is 11.3 Å². The Kier molecular flexibility index (Phi) is 5.55. The molecule has 7 heteroatoms. The molecule has 0 spiro atoms. The van der Waals surface area contributed by atoms with Crippen LogP contribution < -0.4 is 10.6 Å². The standard InChI is InChI=1S/C14H16ClN3O2S/c1-9-16-6-12(21-9)7-17-14(20)18-13(8-19)10-2-4-11(15)5-3-10/h2-6,13,19H,7-8H2,1H3,(H2,17,18,20). The van der Waals surface area contributed by atoms with Gasteiger partial charge in [-0.25, -0.2) is 9.78 Å². The molecule has 1 unspecified atom stereocenters. The summed E-state index contributed by atoms with van der Waals surface area (Å²) in [5.41, 5.74) is 0.797. The number of rotatable bonds is 5. The molecular formula is C14H16ClN3O2S. The largest absolute Gasteiger partial charge is 0.394 e. The maximum absolute atomic E-state index is 11.9. The molecule has 2 rings (SSSR count). The third kappa shape index (κ3) is 4.70. The van der Waals surface area contributed by atoms with Crippen molar-refractivity contribution in [3.8, 4) is 0 Å². The molecule has 112 valence electrons. The van der Waals surface area contributed by atoms with Crippen molar-refractivity contribution >= 4 is 29.0 Å². The van der Waals surface area contributed by atoms with Gasteiger partial charge in [-0.1, -0.05) is 23.7 Å². The van der Waals surface area contributed by atoms with E-state index in [1.54, 1.807) is 30.5 Å². The number of aliphatic hydroxyl groups is 1. The number of urea groups is 1. The van der Waals surface area contributed by atoms with Crippen molar-refractivity contribution in [2.45, 2.75) is 19.5 Å². The van der Waals surface area contributed by atoms with Gasteiger partial charge in [0.05, 0.1) is 24.2 Å². The van der Waals surface area contributed by atoms with Crippen molar-refractivity contribution in [2.24, 2.45) is 0 Å². The van der Waals surface area contributed by atoms with Crippen LogP contribution in [-0.4, -0.2) is 22.7 Å². The lowest BCUT2D eigenvalue weighted by atomic mass is 10.1. The van der Waals surface area contributed by atoms with Crippen molar-refractivity contribution in [3.63, 3.8) is 0 Å². The predicted octanol–water partition coefficient (Wildman–Crippen LogP) is 2.64. The maximum Gasteiger partial charge on any atom is 0.315 e. The molecule has 0 aliphatic heterocycles. The molecule has 2 aromatic rings. The summed E-state index contributed by atoms with van der Waals surface area (Å²) in [6.07, 6.45) is 1.74. The fourth-order valence-corrected chi connectivity index (χ4v) is 2.65. The van der Waals surface area contributed by atoms with E-state index < -0.39 is 6.04 Å². The number of thiazole rings is 1. The lowest BCUT2D eigenvalue weighted by Gasteiger charge is -2.17. The first-order valence-electron chi connectivity index (χ1n) is 6.40. The molecule has 21 heavy (non-hydrogen) atoms. The van der Waals surface area contributed by atoms with Gasteiger partial charge in [0.1, 0.15) is 0 Å². The molecule has 0 radical (unpaired) electrons. The van der Waals surface area contributed by atoms with E-state index in [0.29, 0.717) is 11.6 Å². The van der Waals surface area contributed by atoms with Gasteiger partial charge in [0.15, 0.2) is 0 Å². The van der Waals surface area contributed by atoms with Gasteiger partial charge in [-0.3, -0.25) is 0 Å². The van der Waals surface area contributed by atoms with Crippen LogP contribution in [-0.2, 0) is 6.54 Å². The minimum absolute atomic E-state index is 0.186. The van der Waals surface area contributed by atoms with Crippen molar-refractivity contribution in [2.75, 3.05) is 6.61 Å². The summed E-state index contributed by atoms with van der Waals surface area (Å²) < 4.78 is 0. The van der Waals surface area contributed by atoms with Gasteiger partial charge in [-0.2, -0.15) is 0 Å². The molecule has 1 aromatic carbocycles. The monoisotopic (exact) mass is 325 g/mol. The van der Waals surface area contributed by atoms with E-state index in [2.05, 4.69) is 15.6 Å². The molecule has 0 aliphatic rings. The van der Waals surface area contributed by atoms with E-state index in [4.69, 9.17) is 11.6 Å². The molecule has 1 aromatic heterocycles. The Hall–Kier alpha value is -1.63. The molecule has 0 saturated heterocycles. The summed E-state index contributed by atoms with van der Waals surface area (Å²) in [5, 5.41) is 16.4. The van der Waals surface area contributed by atoms with Crippen LogP contribution in [0.5, 0.6) is 0 Å². The third-order valence-corrected chi connectivity index (χ3v) is 4.02. The Bertz CT molecular complexity index is 601. The Morgan fingerprint density at radius 3 is 2.71 bits per heavy atom. The van der Waals surface area contributed by atoms with E-state index in [1.807, 2.05) is 6.92 Å². The first kappa shape index (κ1) is 15.8. The number of benzene rings is 1. The molecule has 1 atom stereocenters. The first-order chi connectivity index (χ1) is 10.1. The second-order valence-corrected chi connectivity index (χ2v) is 6.22. The number of hydrogen-bond acceptors (Lipinski definition) is 4. The lowest BCUT2D eigenvalue weighted by molar-refractivity contribution is 0.216. The number of aromatic nitrogens is 1. The molecule has 0 saturated carbocycles. The van der Waals surface area contributed by atoms with Crippen LogP contribution in [0, 0.1) is 6.92 Å². The van der Waals surface area contributed by atoms with E-state index in [0.717, 1.165) is 15.4 Å². The molecule has 5 nitrogen and oxygen atoms in total. The summed E-state index contributed by atoms with van der Waals surface area (Å²) in [6.45, 7) is 2.14.